The molecule has 0 radical (unpaired) electrons. The summed E-state index contributed by atoms with van der Waals surface area (Å²) in [6.07, 6.45) is 7.07. The van der Waals surface area contributed by atoms with Gasteiger partial charge in [0.1, 0.15) is 17.4 Å². The maximum atomic E-state index is 13.7. The summed E-state index contributed by atoms with van der Waals surface area (Å²) in [6.45, 7) is 5.82. The standard InChI is InChI=1S/C44H51N3O5/c48-40-20-18-35(39-19-21-41(49)46-43(39)40)22-26-45-25-9-1-2-10-29-51-38-17-11-16-37(30-38)42(36-14-7-4-8-15-36)44(50)52-32-34-23-27-47(28-24-34)31-33-12-5-3-6-13-33/h3-8,11-21,30,34,42,45,48H,1-2,9-10,22-29,31-32H2,(H,46,49). The van der Waals surface area contributed by atoms with Crippen LogP contribution in [0.4, 0.5) is 0 Å². The van der Waals surface area contributed by atoms with Gasteiger partial charge < -0.3 is 24.9 Å². The number of carbonyl (C=O) groups is 1. The maximum Gasteiger partial charge on any atom is 0.317 e. The van der Waals surface area contributed by atoms with E-state index in [0.717, 1.165) is 105 Å². The number of phenols is 1. The van der Waals surface area contributed by atoms with Crippen molar-refractivity contribution in [1.29, 1.82) is 0 Å². The minimum absolute atomic E-state index is 0.0921. The van der Waals surface area contributed by atoms with Crippen LogP contribution in [0.1, 0.15) is 66.7 Å². The van der Waals surface area contributed by atoms with E-state index in [2.05, 4.69) is 45.5 Å². The van der Waals surface area contributed by atoms with Gasteiger partial charge in [0.15, 0.2) is 0 Å². The number of hydrogen-bond donors (Lipinski definition) is 3. The molecule has 0 bridgehead atoms. The third-order valence-corrected chi connectivity index (χ3v) is 10.0. The fourth-order valence-corrected chi connectivity index (χ4v) is 7.09. The van der Waals surface area contributed by atoms with Gasteiger partial charge in [-0.2, -0.15) is 0 Å². The number of aromatic amines is 1. The lowest BCUT2D eigenvalue weighted by Crippen LogP contribution is -2.35. The van der Waals surface area contributed by atoms with Crippen molar-refractivity contribution in [2.75, 3.05) is 39.4 Å². The number of phenolic OH excluding ortho intramolecular Hbond substituents is 1. The zero-order valence-electron chi connectivity index (χ0n) is 30.0. The average Bonchev–Trinajstić information content (AvgIpc) is 3.17. The smallest absolute Gasteiger partial charge is 0.317 e. The first kappa shape index (κ1) is 36.9. The fourth-order valence-electron chi connectivity index (χ4n) is 7.09. The zero-order valence-corrected chi connectivity index (χ0v) is 30.0. The molecule has 3 N–H and O–H groups in total. The van der Waals surface area contributed by atoms with E-state index in [4.69, 9.17) is 9.47 Å². The number of benzene rings is 4. The van der Waals surface area contributed by atoms with Crippen LogP contribution in [-0.2, 0) is 22.5 Å². The lowest BCUT2D eigenvalue weighted by Gasteiger charge is -2.32. The van der Waals surface area contributed by atoms with Crippen LogP contribution >= 0.6 is 0 Å². The van der Waals surface area contributed by atoms with E-state index >= 15 is 0 Å². The zero-order chi connectivity index (χ0) is 36.0. The van der Waals surface area contributed by atoms with Crippen molar-refractivity contribution in [2.24, 2.45) is 5.92 Å². The van der Waals surface area contributed by atoms with Crippen LogP contribution in [0.5, 0.6) is 11.5 Å². The molecular weight excluding hydrogens is 651 g/mol. The van der Waals surface area contributed by atoms with Gasteiger partial charge in [-0.1, -0.05) is 91.7 Å². The second kappa shape index (κ2) is 19.1. The first-order chi connectivity index (χ1) is 25.5. The van der Waals surface area contributed by atoms with Crippen molar-refractivity contribution in [1.82, 2.24) is 15.2 Å². The molecule has 1 unspecified atom stereocenters. The molecule has 1 fully saturated rings. The molecule has 0 amide bonds. The molecule has 0 saturated carbocycles. The SMILES string of the molecule is O=C(OCC1CCN(Cc2ccccc2)CC1)C(c1ccccc1)c1cccc(OCCCCCCNCCc2ccc(O)c3[nH]c(=O)ccc23)c1. The molecule has 1 atom stereocenters. The van der Waals surface area contributed by atoms with E-state index in [9.17, 15) is 14.7 Å². The van der Waals surface area contributed by atoms with Gasteiger partial charge in [-0.15, -0.1) is 0 Å². The Labute approximate surface area is 306 Å². The molecular formula is C44H51N3O5. The molecule has 5 aromatic rings. The van der Waals surface area contributed by atoms with Crippen LogP contribution in [0.25, 0.3) is 10.9 Å². The monoisotopic (exact) mass is 701 g/mol. The summed E-state index contributed by atoms with van der Waals surface area (Å²) in [5.41, 5.74) is 4.51. The number of ether oxygens (including phenoxy) is 2. The molecule has 8 heteroatoms. The lowest BCUT2D eigenvalue weighted by atomic mass is 9.91. The third-order valence-electron chi connectivity index (χ3n) is 10.0. The molecule has 8 nitrogen and oxygen atoms in total. The summed E-state index contributed by atoms with van der Waals surface area (Å²) < 4.78 is 12.2. The largest absolute Gasteiger partial charge is 0.506 e. The highest BCUT2D eigenvalue weighted by Gasteiger charge is 2.27. The minimum Gasteiger partial charge on any atom is -0.506 e. The van der Waals surface area contributed by atoms with Gasteiger partial charge in [-0.25, -0.2) is 0 Å². The van der Waals surface area contributed by atoms with Gasteiger partial charge in [0.25, 0.3) is 0 Å². The number of piperidine rings is 1. The summed E-state index contributed by atoms with van der Waals surface area (Å²) in [7, 11) is 0. The van der Waals surface area contributed by atoms with Gasteiger partial charge in [0.2, 0.25) is 5.56 Å². The van der Waals surface area contributed by atoms with Crippen molar-refractivity contribution >= 4 is 16.9 Å². The van der Waals surface area contributed by atoms with Crippen LogP contribution in [0.2, 0.25) is 0 Å². The first-order valence-electron chi connectivity index (χ1n) is 18.8. The number of unbranched alkanes of at least 4 members (excludes halogenated alkanes) is 3. The normalized spacial score (nSPS) is 14.3. The Kier molecular flexibility index (Phi) is 13.5. The van der Waals surface area contributed by atoms with Gasteiger partial charge >= 0.3 is 5.97 Å². The van der Waals surface area contributed by atoms with E-state index in [1.165, 1.54) is 11.6 Å². The predicted octanol–water partition coefficient (Wildman–Crippen LogP) is 7.59. The van der Waals surface area contributed by atoms with Gasteiger partial charge in [-0.05, 0) is 111 Å². The van der Waals surface area contributed by atoms with Crippen LogP contribution < -0.4 is 15.6 Å². The minimum atomic E-state index is -0.507. The number of nitrogens with zero attached hydrogens (tertiary/aromatic N) is 1. The fraction of sp³-hybridized carbons (Fsp3) is 0.364. The molecule has 6 rings (SSSR count). The summed E-state index contributed by atoms with van der Waals surface area (Å²) >= 11 is 0. The summed E-state index contributed by atoms with van der Waals surface area (Å²) in [5, 5.41) is 14.5. The summed E-state index contributed by atoms with van der Waals surface area (Å²) in [6, 6.07) is 35.2. The first-order valence-corrected chi connectivity index (χ1v) is 18.8. The Morgan fingerprint density at radius 1 is 0.827 bits per heavy atom. The predicted molar refractivity (Wildman–Crippen MR) is 207 cm³/mol. The molecule has 0 spiro atoms. The molecule has 4 aromatic carbocycles. The lowest BCUT2D eigenvalue weighted by molar-refractivity contribution is -0.146. The van der Waals surface area contributed by atoms with Crippen molar-refractivity contribution in [3.05, 3.63) is 142 Å². The highest BCUT2D eigenvalue weighted by atomic mass is 16.5. The number of nitrogens with one attached hydrogen (secondary N) is 2. The summed E-state index contributed by atoms with van der Waals surface area (Å²) in [4.78, 5) is 30.5. The number of pyridine rings is 1. The van der Waals surface area contributed by atoms with E-state index < -0.39 is 5.92 Å². The number of aromatic nitrogens is 1. The van der Waals surface area contributed by atoms with Gasteiger partial charge in [-0.3, -0.25) is 14.5 Å². The van der Waals surface area contributed by atoms with Crippen LogP contribution in [0.3, 0.4) is 0 Å². The second-order valence-electron chi connectivity index (χ2n) is 13.9. The number of hydrogen-bond acceptors (Lipinski definition) is 7. The van der Waals surface area contributed by atoms with E-state index in [1.54, 1.807) is 12.1 Å². The molecule has 1 aliphatic rings. The number of esters is 1. The number of fused-ring (bicyclic) bond motifs is 1. The number of aromatic hydroxyl groups is 1. The highest BCUT2D eigenvalue weighted by molar-refractivity contribution is 5.87. The number of rotatable bonds is 18. The molecule has 1 saturated heterocycles. The molecule has 0 aliphatic carbocycles. The Morgan fingerprint density at radius 3 is 2.38 bits per heavy atom. The van der Waals surface area contributed by atoms with E-state index in [-0.39, 0.29) is 17.3 Å². The van der Waals surface area contributed by atoms with E-state index in [1.807, 2.05) is 60.7 Å². The van der Waals surface area contributed by atoms with Crippen LogP contribution in [0.15, 0.2) is 114 Å². The number of carbonyl (C=O) groups excluding carboxylic acids is 1. The Bertz CT molecular complexity index is 1900. The van der Waals surface area contributed by atoms with Crippen LogP contribution in [-0.4, -0.2) is 60.4 Å². The quantitative estimate of drug-likeness (QED) is 0.0639. The van der Waals surface area contributed by atoms with Crippen LogP contribution in [0, 0.1) is 5.92 Å². The molecule has 52 heavy (non-hydrogen) atoms. The second-order valence-corrected chi connectivity index (χ2v) is 13.9. The molecule has 272 valence electrons. The highest BCUT2D eigenvalue weighted by Crippen LogP contribution is 2.30. The maximum absolute atomic E-state index is 13.7. The molecule has 1 aromatic heterocycles. The Morgan fingerprint density at radius 2 is 1.58 bits per heavy atom. The average molecular weight is 702 g/mol. The van der Waals surface area contributed by atoms with Crippen molar-refractivity contribution < 1.29 is 19.4 Å². The third kappa shape index (κ3) is 10.6. The van der Waals surface area contributed by atoms with Gasteiger partial charge in [0, 0.05) is 18.0 Å². The van der Waals surface area contributed by atoms with Gasteiger partial charge in [0.05, 0.1) is 18.7 Å². The number of likely N-dealkylation sites (tertiary alicyclic amines) is 1. The molecule has 1 aliphatic heterocycles. The van der Waals surface area contributed by atoms with Crippen molar-refractivity contribution in [2.45, 2.75) is 57.4 Å². The van der Waals surface area contributed by atoms with Crippen molar-refractivity contribution in [3.8, 4) is 11.5 Å². The Balaban J connectivity index is 0.906. The summed E-state index contributed by atoms with van der Waals surface area (Å²) in [5.74, 6) is 0.514. The Hall–Kier alpha value is -4.92. The topological polar surface area (TPSA) is 104 Å². The van der Waals surface area contributed by atoms with E-state index in [0.29, 0.717) is 24.6 Å². The van der Waals surface area contributed by atoms with Crippen molar-refractivity contribution in [3.63, 3.8) is 0 Å². The molecule has 2 heterocycles. The number of H-pyrrole nitrogens is 1.